The monoisotopic (exact) mass is 346 g/mol. The Kier molecular flexibility index (Phi) is 3.95. The van der Waals surface area contributed by atoms with Crippen molar-refractivity contribution in [3.63, 3.8) is 0 Å². The number of likely N-dealkylation sites (tertiary alicyclic amines) is 1. The molecule has 6 heteroatoms. The third kappa shape index (κ3) is 2.39. The lowest BCUT2D eigenvalue weighted by molar-refractivity contribution is -0.139. The first kappa shape index (κ1) is 15.8. The van der Waals surface area contributed by atoms with E-state index in [1.54, 1.807) is 4.90 Å². The molecule has 1 unspecified atom stereocenters. The van der Waals surface area contributed by atoms with Crippen molar-refractivity contribution < 1.29 is 13.8 Å². The summed E-state index contributed by atoms with van der Waals surface area (Å²) in [5.74, 6) is 0.460. The van der Waals surface area contributed by atoms with E-state index in [-0.39, 0.29) is 23.5 Å². The number of hydrogen-bond acceptors (Lipinski definition) is 3. The highest BCUT2D eigenvalue weighted by atomic mass is 32.2. The zero-order valence-electron chi connectivity index (χ0n) is 13.6. The molecule has 0 radical (unpaired) electrons. The molecule has 1 saturated carbocycles. The Bertz CT molecular complexity index is 679. The standard InChI is InChI=1S/C18H22N2O3S/c21-16-13-24(23)18(20(16)15-7-2-1-3-8-15)9-11-19(12-10-18)17(22)14-5-4-6-14/h1-3,7-8,14H,4-6,9-13H2. The SMILES string of the molecule is O=C(C1CCC1)N1CCC2(CC1)N(c1ccccc1)C(=O)CS2=O. The second-order valence-electron chi connectivity index (χ2n) is 6.95. The summed E-state index contributed by atoms with van der Waals surface area (Å²) in [4.78, 5) is 28.0. The molecule has 0 N–H and O–H groups in total. The predicted molar refractivity (Wildman–Crippen MR) is 92.8 cm³/mol. The van der Waals surface area contributed by atoms with E-state index in [0.717, 1.165) is 24.9 Å². The number of carbonyl (C=O) groups excluding carboxylic acids is 2. The third-order valence-electron chi connectivity index (χ3n) is 5.66. The van der Waals surface area contributed by atoms with E-state index in [9.17, 15) is 13.8 Å². The summed E-state index contributed by atoms with van der Waals surface area (Å²) in [6.07, 6.45) is 4.34. The number of rotatable bonds is 2. The van der Waals surface area contributed by atoms with Crippen molar-refractivity contribution in [2.45, 2.75) is 37.0 Å². The van der Waals surface area contributed by atoms with Gasteiger partial charge in [0.1, 0.15) is 10.6 Å². The van der Waals surface area contributed by atoms with Crippen molar-refractivity contribution >= 4 is 28.3 Å². The van der Waals surface area contributed by atoms with Crippen LogP contribution in [0.3, 0.4) is 0 Å². The van der Waals surface area contributed by atoms with Gasteiger partial charge in [0.15, 0.2) is 0 Å². The van der Waals surface area contributed by atoms with Crippen LogP contribution in [0.25, 0.3) is 0 Å². The summed E-state index contributed by atoms with van der Waals surface area (Å²) in [6, 6.07) is 9.50. The summed E-state index contributed by atoms with van der Waals surface area (Å²) < 4.78 is 12.8. The number of piperidine rings is 1. The average Bonchev–Trinajstić information content (AvgIpc) is 2.77. The van der Waals surface area contributed by atoms with E-state index in [1.165, 1.54) is 0 Å². The van der Waals surface area contributed by atoms with Gasteiger partial charge in [-0.15, -0.1) is 0 Å². The normalized spacial score (nSPS) is 26.7. The van der Waals surface area contributed by atoms with Crippen LogP contribution in [0.5, 0.6) is 0 Å². The van der Waals surface area contributed by atoms with E-state index in [1.807, 2.05) is 35.2 Å². The van der Waals surface area contributed by atoms with Crippen LogP contribution in [0.4, 0.5) is 5.69 Å². The van der Waals surface area contributed by atoms with Crippen LogP contribution in [-0.2, 0) is 20.4 Å². The maximum Gasteiger partial charge on any atom is 0.240 e. The first-order valence-electron chi connectivity index (χ1n) is 8.67. The zero-order chi connectivity index (χ0) is 16.7. The minimum Gasteiger partial charge on any atom is -0.342 e. The molecule has 2 heterocycles. The smallest absolute Gasteiger partial charge is 0.240 e. The molecular weight excluding hydrogens is 324 g/mol. The molecule has 24 heavy (non-hydrogen) atoms. The van der Waals surface area contributed by atoms with Crippen LogP contribution in [-0.4, -0.2) is 44.6 Å². The Morgan fingerprint density at radius 3 is 2.38 bits per heavy atom. The van der Waals surface area contributed by atoms with Crippen molar-refractivity contribution in [2.75, 3.05) is 23.7 Å². The Labute approximate surface area is 144 Å². The van der Waals surface area contributed by atoms with E-state index in [0.29, 0.717) is 25.9 Å². The molecule has 1 spiro atoms. The van der Waals surface area contributed by atoms with Gasteiger partial charge in [-0.3, -0.25) is 18.7 Å². The molecule has 2 amide bonds. The molecule has 128 valence electrons. The second kappa shape index (κ2) is 5.99. The quantitative estimate of drug-likeness (QED) is 0.822. The lowest BCUT2D eigenvalue weighted by Gasteiger charge is -2.44. The molecule has 2 saturated heterocycles. The van der Waals surface area contributed by atoms with Crippen molar-refractivity contribution in [2.24, 2.45) is 5.92 Å². The summed E-state index contributed by atoms with van der Waals surface area (Å²) >= 11 is 0. The molecule has 1 aliphatic carbocycles. The van der Waals surface area contributed by atoms with Crippen molar-refractivity contribution in [3.8, 4) is 0 Å². The van der Waals surface area contributed by atoms with Crippen LogP contribution in [0, 0.1) is 5.92 Å². The number of hydrogen-bond donors (Lipinski definition) is 0. The largest absolute Gasteiger partial charge is 0.342 e. The van der Waals surface area contributed by atoms with Gasteiger partial charge in [-0.2, -0.15) is 0 Å². The van der Waals surface area contributed by atoms with E-state index >= 15 is 0 Å². The first-order valence-corrected chi connectivity index (χ1v) is 9.99. The van der Waals surface area contributed by atoms with Crippen LogP contribution in [0.1, 0.15) is 32.1 Å². The number of nitrogens with zero attached hydrogens (tertiary/aromatic N) is 2. The Hall–Kier alpha value is -1.69. The van der Waals surface area contributed by atoms with Crippen LogP contribution in [0.15, 0.2) is 30.3 Å². The molecule has 4 rings (SSSR count). The van der Waals surface area contributed by atoms with E-state index < -0.39 is 15.7 Å². The molecule has 3 fully saturated rings. The maximum absolute atomic E-state index is 12.8. The molecule has 0 bridgehead atoms. The highest BCUT2D eigenvalue weighted by Crippen LogP contribution is 2.41. The zero-order valence-corrected chi connectivity index (χ0v) is 14.5. The minimum absolute atomic E-state index is 0.0710. The molecule has 1 aromatic carbocycles. The number of anilines is 1. The fraction of sp³-hybridized carbons (Fsp3) is 0.556. The van der Waals surface area contributed by atoms with Gasteiger partial charge in [0.2, 0.25) is 11.8 Å². The van der Waals surface area contributed by atoms with Gasteiger partial charge in [0, 0.05) is 37.5 Å². The molecule has 1 atom stereocenters. The van der Waals surface area contributed by atoms with Gasteiger partial charge >= 0.3 is 0 Å². The molecule has 0 aromatic heterocycles. The predicted octanol–water partition coefficient (Wildman–Crippen LogP) is 1.90. The van der Waals surface area contributed by atoms with Gasteiger partial charge in [0.25, 0.3) is 0 Å². The number of benzene rings is 1. The summed E-state index contributed by atoms with van der Waals surface area (Å²) in [5.41, 5.74) is 0.812. The number of amides is 2. The lowest BCUT2D eigenvalue weighted by Crippen LogP contribution is -2.56. The maximum atomic E-state index is 12.8. The topological polar surface area (TPSA) is 57.7 Å². The molecule has 3 aliphatic rings. The van der Waals surface area contributed by atoms with Crippen LogP contribution < -0.4 is 4.90 Å². The lowest BCUT2D eigenvalue weighted by atomic mass is 9.84. The highest BCUT2D eigenvalue weighted by Gasteiger charge is 2.54. The molecular formula is C18H22N2O3S. The molecule has 5 nitrogen and oxygen atoms in total. The molecule has 1 aromatic rings. The van der Waals surface area contributed by atoms with Crippen molar-refractivity contribution in [1.29, 1.82) is 0 Å². The van der Waals surface area contributed by atoms with Crippen LogP contribution >= 0.6 is 0 Å². The van der Waals surface area contributed by atoms with Gasteiger partial charge in [0.05, 0.1) is 10.8 Å². The fourth-order valence-corrected chi connectivity index (χ4v) is 5.71. The van der Waals surface area contributed by atoms with Gasteiger partial charge < -0.3 is 4.90 Å². The van der Waals surface area contributed by atoms with Gasteiger partial charge in [-0.1, -0.05) is 24.6 Å². The van der Waals surface area contributed by atoms with Gasteiger partial charge in [-0.25, -0.2) is 0 Å². The average molecular weight is 346 g/mol. The number of carbonyl (C=O) groups is 2. The fourth-order valence-electron chi connectivity index (χ4n) is 4.04. The second-order valence-corrected chi connectivity index (χ2v) is 8.69. The number of para-hydroxylation sites is 1. The highest BCUT2D eigenvalue weighted by molar-refractivity contribution is 7.88. The van der Waals surface area contributed by atoms with E-state index in [4.69, 9.17) is 0 Å². The third-order valence-corrected chi connectivity index (χ3v) is 7.61. The Morgan fingerprint density at radius 2 is 1.79 bits per heavy atom. The molecule has 2 aliphatic heterocycles. The Balaban J connectivity index is 1.56. The van der Waals surface area contributed by atoms with Gasteiger partial charge in [-0.05, 0) is 25.0 Å². The van der Waals surface area contributed by atoms with Crippen LogP contribution in [0.2, 0.25) is 0 Å². The van der Waals surface area contributed by atoms with Crippen molar-refractivity contribution in [3.05, 3.63) is 30.3 Å². The summed E-state index contributed by atoms with van der Waals surface area (Å²) in [7, 11) is -1.22. The summed E-state index contributed by atoms with van der Waals surface area (Å²) in [5, 5.41) is 0. The Morgan fingerprint density at radius 1 is 1.12 bits per heavy atom. The minimum atomic E-state index is -1.22. The van der Waals surface area contributed by atoms with Crippen molar-refractivity contribution in [1.82, 2.24) is 4.90 Å². The first-order chi connectivity index (χ1) is 11.6. The summed E-state index contributed by atoms with van der Waals surface area (Å²) in [6.45, 7) is 1.19. The van der Waals surface area contributed by atoms with E-state index in [2.05, 4.69) is 0 Å².